The van der Waals surface area contributed by atoms with Gasteiger partial charge in [0.1, 0.15) is 0 Å². The minimum Gasteiger partial charge on any atom is -0.381 e. The first kappa shape index (κ1) is 13.5. The summed E-state index contributed by atoms with van der Waals surface area (Å²) >= 11 is 0. The number of rotatable bonds is 4. The monoisotopic (exact) mass is 253 g/mol. The summed E-state index contributed by atoms with van der Waals surface area (Å²) in [4.78, 5) is 4.42. The molecular formula is C13H23N3O2. The van der Waals surface area contributed by atoms with E-state index < -0.39 is 0 Å². The second-order valence-electron chi connectivity index (χ2n) is 6.34. The Balaban J connectivity index is 1.90. The first-order chi connectivity index (χ1) is 8.44. The van der Waals surface area contributed by atoms with Crippen LogP contribution in [-0.2, 0) is 11.2 Å². The van der Waals surface area contributed by atoms with E-state index in [0.29, 0.717) is 24.8 Å². The van der Waals surface area contributed by atoms with Crippen LogP contribution in [0.3, 0.4) is 0 Å². The molecule has 1 aromatic heterocycles. The van der Waals surface area contributed by atoms with Crippen molar-refractivity contribution in [3.05, 3.63) is 11.7 Å². The van der Waals surface area contributed by atoms with Crippen LogP contribution in [0.15, 0.2) is 4.52 Å². The van der Waals surface area contributed by atoms with Crippen molar-refractivity contribution in [2.45, 2.75) is 52.0 Å². The summed E-state index contributed by atoms with van der Waals surface area (Å²) in [6.07, 6.45) is 2.57. The topological polar surface area (TPSA) is 74.2 Å². The Morgan fingerprint density at radius 3 is 2.83 bits per heavy atom. The minimum absolute atomic E-state index is 0.0677. The lowest BCUT2D eigenvalue weighted by Crippen LogP contribution is -2.28. The third-order valence-corrected chi connectivity index (χ3v) is 3.09. The molecule has 2 rings (SSSR count). The maximum Gasteiger partial charge on any atom is 0.228 e. The molecule has 1 aromatic rings. The van der Waals surface area contributed by atoms with Crippen molar-refractivity contribution in [2.24, 2.45) is 11.1 Å². The molecule has 5 heteroatoms. The molecule has 1 fully saturated rings. The molecule has 1 aliphatic heterocycles. The SMILES string of the molecule is CC(C)(C)CC(N)Cc1nc(C2CCOC2)no1. The van der Waals surface area contributed by atoms with E-state index in [0.717, 1.165) is 25.3 Å². The molecule has 0 aromatic carbocycles. The first-order valence-corrected chi connectivity index (χ1v) is 6.60. The molecule has 0 amide bonds. The molecule has 2 N–H and O–H groups in total. The Bertz CT molecular complexity index is 378. The van der Waals surface area contributed by atoms with E-state index in [2.05, 4.69) is 30.9 Å². The van der Waals surface area contributed by atoms with Gasteiger partial charge in [-0.2, -0.15) is 4.98 Å². The Morgan fingerprint density at radius 2 is 2.22 bits per heavy atom. The highest BCUT2D eigenvalue weighted by Gasteiger charge is 2.24. The zero-order chi connectivity index (χ0) is 13.2. The standard InChI is InChI=1S/C13H23N3O2/c1-13(2,3)7-10(14)6-11-15-12(16-18-11)9-4-5-17-8-9/h9-10H,4-8,14H2,1-3H3. The van der Waals surface area contributed by atoms with Gasteiger partial charge in [0, 0.05) is 25.0 Å². The maximum absolute atomic E-state index is 6.10. The zero-order valence-electron chi connectivity index (χ0n) is 11.5. The smallest absolute Gasteiger partial charge is 0.228 e. The van der Waals surface area contributed by atoms with Gasteiger partial charge in [-0.1, -0.05) is 25.9 Å². The van der Waals surface area contributed by atoms with Gasteiger partial charge in [0.25, 0.3) is 0 Å². The van der Waals surface area contributed by atoms with Crippen molar-refractivity contribution in [2.75, 3.05) is 13.2 Å². The van der Waals surface area contributed by atoms with Crippen LogP contribution in [0.4, 0.5) is 0 Å². The largest absolute Gasteiger partial charge is 0.381 e. The highest BCUT2D eigenvalue weighted by molar-refractivity contribution is 4.98. The second-order valence-corrected chi connectivity index (χ2v) is 6.34. The highest BCUT2D eigenvalue weighted by atomic mass is 16.5. The molecule has 2 unspecified atom stereocenters. The van der Waals surface area contributed by atoms with Gasteiger partial charge in [-0.05, 0) is 18.3 Å². The predicted molar refractivity (Wildman–Crippen MR) is 68.2 cm³/mol. The summed E-state index contributed by atoms with van der Waals surface area (Å²) in [5, 5.41) is 4.03. The van der Waals surface area contributed by atoms with Crippen LogP contribution in [0.25, 0.3) is 0 Å². The summed E-state index contributed by atoms with van der Waals surface area (Å²) in [5.74, 6) is 1.71. The van der Waals surface area contributed by atoms with Gasteiger partial charge in [-0.15, -0.1) is 0 Å². The van der Waals surface area contributed by atoms with Crippen LogP contribution in [0.2, 0.25) is 0 Å². The average molecular weight is 253 g/mol. The van der Waals surface area contributed by atoms with Crippen molar-refractivity contribution in [1.82, 2.24) is 10.1 Å². The van der Waals surface area contributed by atoms with Crippen molar-refractivity contribution in [3.63, 3.8) is 0 Å². The van der Waals surface area contributed by atoms with Gasteiger partial charge in [-0.25, -0.2) is 0 Å². The lowest BCUT2D eigenvalue weighted by atomic mass is 9.87. The van der Waals surface area contributed by atoms with Crippen LogP contribution in [0.5, 0.6) is 0 Å². The average Bonchev–Trinajstić information content (AvgIpc) is 2.82. The van der Waals surface area contributed by atoms with Crippen LogP contribution in [-0.4, -0.2) is 29.4 Å². The van der Waals surface area contributed by atoms with E-state index in [9.17, 15) is 0 Å². The van der Waals surface area contributed by atoms with E-state index in [1.54, 1.807) is 0 Å². The van der Waals surface area contributed by atoms with Gasteiger partial charge in [-0.3, -0.25) is 0 Å². The Kier molecular flexibility index (Phi) is 4.02. The first-order valence-electron chi connectivity index (χ1n) is 6.60. The maximum atomic E-state index is 6.10. The summed E-state index contributed by atoms with van der Waals surface area (Å²) in [6, 6.07) is 0.0677. The lowest BCUT2D eigenvalue weighted by molar-refractivity contribution is 0.192. The van der Waals surface area contributed by atoms with Gasteiger partial charge >= 0.3 is 0 Å². The van der Waals surface area contributed by atoms with E-state index in [-0.39, 0.29) is 11.5 Å². The predicted octanol–water partition coefficient (Wildman–Crippen LogP) is 1.88. The van der Waals surface area contributed by atoms with Crippen LogP contribution < -0.4 is 5.73 Å². The van der Waals surface area contributed by atoms with E-state index >= 15 is 0 Å². The van der Waals surface area contributed by atoms with Crippen molar-refractivity contribution in [1.29, 1.82) is 0 Å². The summed E-state index contributed by atoms with van der Waals surface area (Å²) < 4.78 is 10.6. The molecule has 1 aliphatic rings. The minimum atomic E-state index is 0.0677. The molecule has 0 saturated carbocycles. The van der Waals surface area contributed by atoms with Gasteiger partial charge < -0.3 is 15.0 Å². The molecule has 5 nitrogen and oxygen atoms in total. The normalized spacial score (nSPS) is 22.3. The third-order valence-electron chi connectivity index (χ3n) is 3.09. The molecule has 2 atom stereocenters. The van der Waals surface area contributed by atoms with E-state index in [1.165, 1.54) is 0 Å². The van der Waals surface area contributed by atoms with Gasteiger partial charge in [0.15, 0.2) is 5.82 Å². The molecule has 0 bridgehead atoms. The Morgan fingerprint density at radius 1 is 1.44 bits per heavy atom. The highest BCUT2D eigenvalue weighted by Crippen LogP contribution is 2.24. The van der Waals surface area contributed by atoms with Crippen LogP contribution >= 0.6 is 0 Å². The van der Waals surface area contributed by atoms with E-state index in [1.807, 2.05) is 0 Å². The number of hydrogen-bond donors (Lipinski definition) is 1. The molecule has 0 aliphatic carbocycles. The fourth-order valence-electron chi connectivity index (χ4n) is 2.34. The lowest BCUT2D eigenvalue weighted by Gasteiger charge is -2.21. The number of ether oxygens (including phenoxy) is 1. The Labute approximate surface area is 108 Å². The van der Waals surface area contributed by atoms with Crippen LogP contribution in [0, 0.1) is 5.41 Å². The molecule has 0 radical (unpaired) electrons. The van der Waals surface area contributed by atoms with E-state index in [4.69, 9.17) is 15.0 Å². The zero-order valence-corrected chi connectivity index (χ0v) is 11.5. The number of aromatic nitrogens is 2. The van der Waals surface area contributed by atoms with Gasteiger partial charge in [0.2, 0.25) is 5.89 Å². The van der Waals surface area contributed by atoms with Gasteiger partial charge in [0.05, 0.1) is 6.61 Å². The van der Waals surface area contributed by atoms with Crippen molar-refractivity contribution in [3.8, 4) is 0 Å². The molecule has 18 heavy (non-hydrogen) atoms. The van der Waals surface area contributed by atoms with Crippen molar-refractivity contribution < 1.29 is 9.26 Å². The molecule has 2 heterocycles. The van der Waals surface area contributed by atoms with Crippen molar-refractivity contribution >= 4 is 0 Å². The third kappa shape index (κ3) is 3.78. The second kappa shape index (κ2) is 5.36. The van der Waals surface area contributed by atoms with Crippen LogP contribution in [0.1, 0.15) is 51.2 Å². The molecular weight excluding hydrogens is 230 g/mol. The fraction of sp³-hybridized carbons (Fsp3) is 0.846. The quantitative estimate of drug-likeness (QED) is 0.886. The molecule has 0 spiro atoms. The Hall–Kier alpha value is -0.940. The summed E-state index contributed by atoms with van der Waals surface area (Å²) in [6.45, 7) is 8.04. The fourth-order valence-corrected chi connectivity index (χ4v) is 2.34. The summed E-state index contributed by atoms with van der Waals surface area (Å²) in [5.41, 5.74) is 6.33. The number of hydrogen-bond acceptors (Lipinski definition) is 5. The molecule has 102 valence electrons. The molecule has 1 saturated heterocycles. The summed E-state index contributed by atoms with van der Waals surface area (Å²) in [7, 11) is 0. The number of nitrogens with zero attached hydrogens (tertiary/aromatic N) is 2. The number of nitrogens with two attached hydrogens (primary N) is 1.